The number of likely N-dealkylation sites (tertiary alicyclic amines) is 1. The lowest BCUT2D eigenvalue weighted by Crippen LogP contribution is -2.61. The molecule has 5 rings (SSSR count). The summed E-state index contributed by atoms with van der Waals surface area (Å²) in [6, 6.07) is 0. The van der Waals surface area contributed by atoms with E-state index in [0.29, 0.717) is 18.5 Å². The number of halogens is 1. The molecule has 2 aromatic heterocycles. The first-order valence-corrected chi connectivity index (χ1v) is 12.6. The largest absolute Gasteiger partial charge is 0.479 e. The molecule has 0 bridgehead atoms. The van der Waals surface area contributed by atoms with Gasteiger partial charge in [0.2, 0.25) is 12.2 Å². The second-order valence-electron chi connectivity index (χ2n) is 9.97. The standard InChI is InChI=1S/C24H33FN4O7/c1-28-21-15(16(27-28)12-7-10-29(11-12)9-4-8-25)13-5-2-3-6-14(13)22(26-21)36-24-19(32)17(30)18(31)20(35-24)23(33)34/h12,17-20,24,30-32H,2-11H2,1H3,(H,33,34)/t12-,17?,18?,19?,20?,24?/m0/s1. The number of rotatable bonds is 7. The second-order valence-corrected chi connectivity index (χ2v) is 9.97. The maximum Gasteiger partial charge on any atom is 0.335 e. The van der Waals surface area contributed by atoms with Crippen LogP contribution in [0.1, 0.15) is 48.4 Å². The van der Waals surface area contributed by atoms with Crippen molar-refractivity contribution in [1.29, 1.82) is 0 Å². The van der Waals surface area contributed by atoms with E-state index in [4.69, 9.17) is 19.6 Å². The fraction of sp³-hybridized carbons (Fsp3) is 0.708. The number of aliphatic carboxylic acids is 1. The topological polar surface area (TPSA) is 150 Å². The van der Waals surface area contributed by atoms with Crippen LogP contribution in [0.4, 0.5) is 4.39 Å². The van der Waals surface area contributed by atoms with Gasteiger partial charge in [-0.2, -0.15) is 10.1 Å². The minimum Gasteiger partial charge on any atom is -0.479 e. The Balaban J connectivity index is 1.49. The van der Waals surface area contributed by atoms with E-state index in [0.717, 1.165) is 67.5 Å². The van der Waals surface area contributed by atoms with Crippen molar-refractivity contribution in [2.75, 3.05) is 26.3 Å². The number of alkyl halides is 1. The minimum atomic E-state index is -1.79. The molecular formula is C24H33FN4O7. The Bertz CT molecular complexity index is 1130. The molecule has 1 aliphatic carbocycles. The van der Waals surface area contributed by atoms with Gasteiger partial charge >= 0.3 is 5.97 Å². The minimum absolute atomic E-state index is 0.208. The van der Waals surface area contributed by atoms with Gasteiger partial charge in [0.25, 0.3) is 0 Å². The molecule has 0 amide bonds. The highest BCUT2D eigenvalue weighted by atomic mass is 19.1. The molecule has 6 atom stereocenters. The average molecular weight is 509 g/mol. The predicted molar refractivity (Wildman–Crippen MR) is 124 cm³/mol. The van der Waals surface area contributed by atoms with Gasteiger partial charge in [0.1, 0.15) is 18.3 Å². The van der Waals surface area contributed by atoms with Gasteiger partial charge in [-0.05, 0) is 50.6 Å². The van der Waals surface area contributed by atoms with Crippen LogP contribution in [0, 0.1) is 0 Å². The Morgan fingerprint density at radius 2 is 1.92 bits per heavy atom. The molecule has 2 fully saturated rings. The Kier molecular flexibility index (Phi) is 7.14. The zero-order chi connectivity index (χ0) is 25.6. The van der Waals surface area contributed by atoms with Crippen molar-refractivity contribution < 1.29 is 39.1 Å². The van der Waals surface area contributed by atoms with Gasteiger partial charge in [-0.25, -0.2) is 4.79 Å². The highest BCUT2D eigenvalue weighted by Gasteiger charge is 2.48. The lowest BCUT2D eigenvalue weighted by molar-refractivity contribution is -0.271. The molecule has 5 unspecified atom stereocenters. The van der Waals surface area contributed by atoms with Crippen molar-refractivity contribution in [1.82, 2.24) is 19.7 Å². The van der Waals surface area contributed by atoms with Crippen LogP contribution in [0.15, 0.2) is 0 Å². The number of carboxylic acid groups (broad SMARTS) is 1. The molecular weight excluding hydrogens is 475 g/mol. The Labute approximate surface area is 207 Å². The number of fused-ring (bicyclic) bond motifs is 3. The molecule has 2 aromatic rings. The van der Waals surface area contributed by atoms with Gasteiger partial charge in [-0.1, -0.05) is 0 Å². The smallest absolute Gasteiger partial charge is 0.335 e. The number of aliphatic hydroxyl groups excluding tert-OH is 3. The number of aryl methyl sites for hydroxylation is 2. The number of nitrogens with zero attached hydrogens (tertiary/aromatic N) is 4. The SMILES string of the molecule is Cn1nc([C@H]2CCN(CCCF)C2)c2c3c(c(OC4OC(C(=O)O)C(O)C(O)C4O)nc21)CCCC3. The third-order valence-electron chi connectivity index (χ3n) is 7.59. The number of pyridine rings is 1. The van der Waals surface area contributed by atoms with Crippen LogP contribution < -0.4 is 4.74 Å². The van der Waals surface area contributed by atoms with Crippen LogP contribution >= 0.6 is 0 Å². The maximum absolute atomic E-state index is 12.7. The van der Waals surface area contributed by atoms with E-state index in [9.17, 15) is 29.6 Å². The number of aromatic nitrogens is 3. The van der Waals surface area contributed by atoms with E-state index in [-0.39, 0.29) is 18.5 Å². The normalized spacial score (nSPS) is 31.0. The van der Waals surface area contributed by atoms with Crippen LogP contribution in [0.2, 0.25) is 0 Å². The third-order valence-corrected chi connectivity index (χ3v) is 7.59. The van der Waals surface area contributed by atoms with Crippen LogP contribution in [-0.4, -0.2) is 103 Å². The first kappa shape index (κ1) is 25.3. The first-order chi connectivity index (χ1) is 17.3. The second kappa shape index (κ2) is 10.2. The molecule has 198 valence electrons. The number of ether oxygens (including phenoxy) is 2. The summed E-state index contributed by atoms with van der Waals surface area (Å²) in [5, 5.41) is 45.8. The Hall–Kier alpha value is -2.38. The van der Waals surface area contributed by atoms with Crippen molar-refractivity contribution in [3.63, 3.8) is 0 Å². The van der Waals surface area contributed by atoms with E-state index in [1.54, 1.807) is 11.7 Å². The molecule has 4 N–H and O–H groups in total. The molecule has 0 saturated carbocycles. The molecule has 0 radical (unpaired) electrons. The zero-order valence-electron chi connectivity index (χ0n) is 20.2. The maximum atomic E-state index is 12.7. The molecule has 0 aromatic carbocycles. The van der Waals surface area contributed by atoms with E-state index >= 15 is 0 Å². The summed E-state index contributed by atoms with van der Waals surface area (Å²) in [7, 11) is 1.81. The summed E-state index contributed by atoms with van der Waals surface area (Å²) >= 11 is 0. The van der Waals surface area contributed by atoms with E-state index in [1.165, 1.54) is 0 Å². The predicted octanol–water partition coefficient (Wildman–Crippen LogP) is 0.267. The summed E-state index contributed by atoms with van der Waals surface area (Å²) in [4.78, 5) is 18.5. The Morgan fingerprint density at radius 1 is 1.17 bits per heavy atom. The van der Waals surface area contributed by atoms with Crippen molar-refractivity contribution in [3.05, 3.63) is 16.8 Å². The molecule has 2 saturated heterocycles. The highest BCUT2D eigenvalue weighted by molar-refractivity contribution is 5.85. The molecule has 3 aliphatic rings. The van der Waals surface area contributed by atoms with Crippen LogP contribution in [-0.2, 0) is 29.4 Å². The van der Waals surface area contributed by atoms with Crippen LogP contribution in [0.5, 0.6) is 5.88 Å². The summed E-state index contributed by atoms with van der Waals surface area (Å²) in [5.41, 5.74) is 3.53. The molecule has 11 nitrogen and oxygen atoms in total. The van der Waals surface area contributed by atoms with Crippen molar-refractivity contribution in [2.24, 2.45) is 7.05 Å². The summed E-state index contributed by atoms with van der Waals surface area (Å²) in [6.07, 6.45) is -3.63. The third kappa shape index (κ3) is 4.45. The van der Waals surface area contributed by atoms with Crippen molar-refractivity contribution in [3.8, 4) is 5.88 Å². The zero-order valence-corrected chi connectivity index (χ0v) is 20.2. The fourth-order valence-corrected chi connectivity index (χ4v) is 5.72. The van der Waals surface area contributed by atoms with Gasteiger partial charge in [-0.15, -0.1) is 0 Å². The van der Waals surface area contributed by atoms with Crippen LogP contribution in [0.25, 0.3) is 11.0 Å². The first-order valence-electron chi connectivity index (χ1n) is 12.6. The number of carbonyl (C=O) groups is 1. The molecule has 4 heterocycles. The number of carboxylic acids is 1. The number of hydrogen-bond donors (Lipinski definition) is 4. The van der Waals surface area contributed by atoms with Crippen molar-refractivity contribution in [2.45, 2.75) is 75.1 Å². The van der Waals surface area contributed by atoms with E-state index < -0.39 is 36.7 Å². The van der Waals surface area contributed by atoms with Crippen molar-refractivity contribution >= 4 is 17.0 Å². The van der Waals surface area contributed by atoms with Gasteiger partial charge in [0.15, 0.2) is 11.8 Å². The van der Waals surface area contributed by atoms with Gasteiger partial charge in [-0.3, -0.25) is 9.07 Å². The molecule has 36 heavy (non-hydrogen) atoms. The summed E-state index contributed by atoms with van der Waals surface area (Å²) < 4.78 is 25.6. The lowest BCUT2D eigenvalue weighted by atomic mass is 9.88. The molecule has 0 spiro atoms. The quantitative estimate of drug-likeness (QED) is 0.410. The van der Waals surface area contributed by atoms with E-state index in [2.05, 4.69) is 4.90 Å². The molecule has 2 aliphatic heterocycles. The van der Waals surface area contributed by atoms with E-state index in [1.807, 2.05) is 0 Å². The molecule has 12 heteroatoms. The lowest BCUT2D eigenvalue weighted by Gasteiger charge is -2.38. The van der Waals surface area contributed by atoms with Gasteiger partial charge in [0, 0.05) is 37.0 Å². The average Bonchev–Trinajstić information content (AvgIpc) is 3.47. The number of hydrogen-bond acceptors (Lipinski definition) is 9. The fourth-order valence-electron chi connectivity index (χ4n) is 5.72. The summed E-state index contributed by atoms with van der Waals surface area (Å²) in [6.45, 7) is 2.12. The highest BCUT2D eigenvalue weighted by Crippen LogP contribution is 2.40. The van der Waals surface area contributed by atoms with Crippen LogP contribution in [0.3, 0.4) is 0 Å². The monoisotopic (exact) mass is 508 g/mol. The van der Waals surface area contributed by atoms with Gasteiger partial charge < -0.3 is 34.8 Å². The Morgan fingerprint density at radius 3 is 2.64 bits per heavy atom. The van der Waals surface area contributed by atoms with Gasteiger partial charge in [0.05, 0.1) is 12.4 Å². The summed E-state index contributed by atoms with van der Waals surface area (Å²) in [5.74, 6) is -1.05. The number of aliphatic hydroxyl groups is 3.